The van der Waals surface area contributed by atoms with E-state index in [0.29, 0.717) is 25.1 Å². The van der Waals surface area contributed by atoms with Crippen molar-refractivity contribution in [3.63, 3.8) is 0 Å². The summed E-state index contributed by atoms with van der Waals surface area (Å²) in [5.74, 6) is 0.0331. The zero-order chi connectivity index (χ0) is 14.1. The Morgan fingerprint density at radius 1 is 1.37 bits per heavy atom. The summed E-state index contributed by atoms with van der Waals surface area (Å²) in [5.41, 5.74) is 1.47. The van der Waals surface area contributed by atoms with Gasteiger partial charge in [-0.3, -0.25) is 4.79 Å². The van der Waals surface area contributed by atoms with Gasteiger partial charge in [-0.05, 0) is 32.3 Å². The highest BCUT2D eigenvalue weighted by Crippen LogP contribution is 2.09. The molecule has 0 unspecified atom stereocenters. The lowest BCUT2D eigenvalue weighted by Gasteiger charge is -2.11. The summed E-state index contributed by atoms with van der Waals surface area (Å²) >= 11 is 0. The number of carbonyl (C=O) groups is 1. The average Bonchev–Trinajstić information content (AvgIpc) is 2.38. The van der Waals surface area contributed by atoms with Crippen molar-refractivity contribution in [3.8, 4) is 6.07 Å². The number of hydrogen-bond donors (Lipinski definition) is 2. The second-order valence-electron chi connectivity index (χ2n) is 4.52. The molecule has 0 radical (unpaired) electrons. The van der Waals surface area contributed by atoms with Crippen molar-refractivity contribution in [3.05, 3.63) is 29.8 Å². The molecule has 0 fully saturated rings. The van der Waals surface area contributed by atoms with E-state index in [2.05, 4.69) is 16.7 Å². The second kappa shape index (κ2) is 8.11. The first kappa shape index (κ1) is 15.0. The van der Waals surface area contributed by atoms with E-state index in [4.69, 9.17) is 5.26 Å². The number of likely N-dealkylation sites (N-methyl/N-ethyl adjacent to an activating group) is 1. The fourth-order valence-electron chi connectivity index (χ4n) is 1.53. The first-order chi connectivity index (χ1) is 9.11. The Balaban J connectivity index is 2.22. The third-order valence-electron chi connectivity index (χ3n) is 2.55. The number of carbonyl (C=O) groups excluding carboxylic acids is 1. The third kappa shape index (κ3) is 6.43. The van der Waals surface area contributed by atoms with Crippen LogP contribution >= 0.6 is 0 Å². The normalized spacial score (nSPS) is 10.0. The van der Waals surface area contributed by atoms with Crippen molar-refractivity contribution >= 4 is 11.6 Å². The Bertz CT molecular complexity index is 451. The van der Waals surface area contributed by atoms with E-state index in [1.54, 1.807) is 12.1 Å². The molecular weight excluding hydrogens is 240 g/mol. The lowest BCUT2D eigenvalue weighted by molar-refractivity contribution is -0.120. The van der Waals surface area contributed by atoms with Crippen LogP contribution in [0.5, 0.6) is 0 Å². The molecule has 0 bridgehead atoms. The molecule has 2 N–H and O–H groups in total. The van der Waals surface area contributed by atoms with E-state index in [1.807, 2.05) is 31.1 Å². The molecule has 19 heavy (non-hydrogen) atoms. The number of nitrogens with one attached hydrogen (secondary N) is 2. The average molecular weight is 260 g/mol. The van der Waals surface area contributed by atoms with Gasteiger partial charge in [-0.15, -0.1) is 0 Å². The van der Waals surface area contributed by atoms with Crippen molar-refractivity contribution in [1.82, 2.24) is 10.2 Å². The van der Waals surface area contributed by atoms with E-state index < -0.39 is 0 Å². The second-order valence-corrected chi connectivity index (χ2v) is 4.52. The molecule has 1 rings (SSSR count). The summed E-state index contributed by atoms with van der Waals surface area (Å²) in [5, 5.41) is 14.7. The highest BCUT2D eigenvalue weighted by Gasteiger charge is 2.01. The minimum Gasteiger partial charge on any atom is -0.384 e. The van der Waals surface area contributed by atoms with Gasteiger partial charge in [-0.2, -0.15) is 5.26 Å². The van der Waals surface area contributed by atoms with Gasteiger partial charge < -0.3 is 15.5 Å². The van der Waals surface area contributed by atoms with Crippen LogP contribution in [0.2, 0.25) is 0 Å². The Kier molecular flexibility index (Phi) is 6.41. The zero-order valence-corrected chi connectivity index (χ0v) is 11.4. The molecule has 0 saturated heterocycles. The van der Waals surface area contributed by atoms with Crippen molar-refractivity contribution in [1.29, 1.82) is 5.26 Å². The molecule has 5 nitrogen and oxygen atoms in total. The zero-order valence-electron chi connectivity index (χ0n) is 11.4. The number of nitriles is 1. The van der Waals surface area contributed by atoms with Gasteiger partial charge in [0.1, 0.15) is 0 Å². The monoisotopic (exact) mass is 260 g/mol. The lowest BCUT2D eigenvalue weighted by Crippen LogP contribution is -2.32. The van der Waals surface area contributed by atoms with Crippen LogP contribution in [0.4, 0.5) is 5.69 Å². The fourth-order valence-corrected chi connectivity index (χ4v) is 1.53. The summed E-state index contributed by atoms with van der Waals surface area (Å²) in [6.07, 6.45) is 0.421. The van der Waals surface area contributed by atoms with Gasteiger partial charge >= 0.3 is 0 Å². The van der Waals surface area contributed by atoms with E-state index in [9.17, 15) is 4.79 Å². The Hall–Kier alpha value is -2.06. The van der Waals surface area contributed by atoms with Crippen LogP contribution < -0.4 is 10.6 Å². The van der Waals surface area contributed by atoms with Crippen LogP contribution in [-0.2, 0) is 4.79 Å². The number of benzene rings is 1. The van der Waals surface area contributed by atoms with Crippen LogP contribution in [0, 0.1) is 11.3 Å². The lowest BCUT2D eigenvalue weighted by atomic mass is 10.2. The quantitative estimate of drug-likeness (QED) is 0.768. The predicted molar refractivity (Wildman–Crippen MR) is 75.8 cm³/mol. The highest BCUT2D eigenvalue weighted by atomic mass is 16.1. The molecular formula is C14H20N4O. The minimum absolute atomic E-state index is 0.0331. The summed E-state index contributed by atoms with van der Waals surface area (Å²) < 4.78 is 0. The van der Waals surface area contributed by atoms with Crippen LogP contribution in [0.15, 0.2) is 24.3 Å². The highest BCUT2D eigenvalue weighted by molar-refractivity contribution is 5.76. The van der Waals surface area contributed by atoms with Crippen molar-refractivity contribution in [2.45, 2.75) is 6.42 Å². The Morgan fingerprint density at radius 3 is 2.84 bits per heavy atom. The maximum absolute atomic E-state index is 11.5. The van der Waals surface area contributed by atoms with Crippen LogP contribution in [0.1, 0.15) is 12.0 Å². The maximum Gasteiger partial charge on any atom is 0.221 e. The smallest absolute Gasteiger partial charge is 0.221 e. The molecule has 0 aliphatic carbocycles. The van der Waals surface area contributed by atoms with Gasteiger partial charge in [-0.25, -0.2) is 0 Å². The van der Waals surface area contributed by atoms with Gasteiger partial charge in [-0.1, -0.05) is 6.07 Å². The Labute approximate surface area is 114 Å². The number of anilines is 1. The molecule has 1 amide bonds. The van der Waals surface area contributed by atoms with Crippen LogP contribution in [-0.4, -0.2) is 44.5 Å². The van der Waals surface area contributed by atoms with E-state index in [-0.39, 0.29) is 5.91 Å². The number of amides is 1. The molecule has 0 saturated carbocycles. The summed E-state index contributed by atoms with van der Waals surface area (Å²) in [6, 6.07) is 9.30. The number of rotatable bonds is 7. The van der Waals surface area contributed by atoms with Gasteiger partial charge in [0.25, 0.3) is 0 Å². The molecule has 0 atom stereocenters. The molecule has 0 aliphatic heterocycles. The van der Waals surface area contributed by atoms with Crippen LogP contribution in [0.3, 0.4) is 0 Å². The van der Waals surface area contributed by atoms with Gasteiger partial charge in [0.15, 0.2) is 0 Å². The van der Waals surface area contributed by atoms with E-state index in [1.165, 1.54) is 0 Å². The summed E-state index contributed by atoms with van der Waals surface area (Å²) in [7, 11) is 3.94. The van der Waals surface area contributed by atoms with Gasteiger partial charge in [0.2, 0.25) is 5.91 Å². The standard InChI is InChI=1S/C14H20N4O/c1-18(2)9-8-17-14(19)6-7-16-13-5-3-4-12(10-13)11-15/h3-5,10,16H,6-9H2,1-2H3,(H,17,19). The molecule has 0 heterocycles. The number of hydrogen-bond acceptors (Lipinski definition) is 4. The van der Waals surface area contributed by atoms with Crippen molar-refractivity contribution in [2.24, 2.45) is 0 Å². The SMILES string of the molecule is CN(C)CCNC(=O)CCNc1cccc(C#N)c1. The van der Waals surface area contributed by atoms with E-state index >= 15 is 0 Å². The summed E-state index contributed by atoms with van der Waals surface area (Å²) in [6.45, 7) is 2.06. The molecule has 1 aromatic rings. The van der Waals surface area contributed by atoms with E-state index in [0.717, 1.165) is 12.2 Å². The minimum atomic E-state index is 0.0331. The van der Waals surface area contributed by atoms with Crippen molar-refractivity contribution in [2.75, 3.05) is 39.0 Å². The molecule has 102 valence electrons. The third-order valence-corrected chi connectivity index (χ3v) is 2.55. The largest absolute Gasteiger partial charge is 0.384 e. The molecule has 1 aromatic carbocycles. The molecule has 5 heteroatoms. The van der Waals surface area contributed by atoms with Gasteiger partial charge in [0.05, 0.1) is 11.6 Å². The first-order valence-electron chi connectivity index (χ1n) is 6.27. The predicted octanol–water partition coefficient (Wildman–Crippen LogP) is 1.04. The first-order valence-corrected chi connectivity index (χ1v) is 6.27. The molecule has 0 spiro atoms. The topological polar surface area (TPSA) is 68.2 Å². The number of nitrogens with zero attached hydrogens (tertiary/aromatic N) is 2. The Morgan fingerprint density at radius 2 is 2.16 bits per heavy atom. The maximum atomic E-state index is 11.5. The molecule has 0 aliphatic rings. The van der Waals surface area contributed by atoms with Crippen LogP contribution in [0.25, 0.3) is 0 Å². The summed E-state index contributed by atoms with van der Waals surface area (Å²) in [4.78, 5) is 13.5. The van der Waals surface area contributed by atoms with Gasteiger partial charge in [0, 0.05) is 31.7 Å². The van der Waals surface area contributed by atoms with Crippen molar-refractivity contribution < 1.29 is 4.79 Å². The molecule has 0 aromatic heterocycles. The fraction of sp³-hybridized carbons (Fsp3) is 0.429.